The summed E-state index contributed by atoms with van der Waals surface area (Å²) >= 11 is 0. The molecule has 0 aliphatic rings. The lowest BCUT2D eigenvalue weighted by Gasteiger charge is -2.20. The second kappa shape index (κ2) is 7.91. The molecule has 0 heterocycles. The van der Waals surface area contributed by atoms with Crippen LogP contribution in [0.15, 0.2) is 84.9 Å². The van der Waals surface area contributed by atoms with E-state index < -0.39 is 0 Å². The SMILES string of the molecule is C[NH+](C)[C@@H](Cc1ccccc1)C(=O)c1ccc(-c2ccccc2)cc1. The average molecular weight is 330 g/mol. The minimum absolute atomic E-state index is 0.0787. The molecule has 2 heteroatoms. The van der Waals surface area contributed by atoms with E-state index in [1.807, 2.05) is 74.8 Å². The van der Waals surface area contributed by atoms with Crippen LogP contribution in [0.3, 0.4) is 0 Å². The standard InChI is InChI=1S/C23H23NO/c1-24(2)22(17-18-9-5-3-6-10-18)23(25)21-15-13-20(14-16-21)19-11-7-4-8-12-19/h3-16,22H,17H2,1-2H3/p+1/t22-/m0/s1. The van der Waals surface area contributed by atoms with Crippen molar-refractivity contribution in [2.45, 2.75) is 12.5 Å². The van der Waals surface area contributed by atoms with Crippen molar-refractivity contribution in [1.82, 2.24) is 0 Å². The van der Waals surface area contributed by atoms with E-state index in [1.54, 1.807) is 0 Å². The van der Waals surface area contributed by atoms with E-state index in [0.29, 0.717) is 0 Å². The van der Waals surface area contributed by atoms with Crippen LogP contribution in [0.2, 0.25) is 0 Å². The number of likely N-dealkylation sites (N-methyl/N-ethyl adjacent to an activating group) is 1. The second-order valence-corrected chi connectivity index (χ2v) is 6.63. The van der Waals surface area contributed by atoms with Gasteiger partial charge in [0.05, 0.1) is 14.1 Å². The van der Waals surface area contributed by atoms with Crippen molar-refractivity contribution < 1.29 is 9.69 Å². The van der Waals surface area contributed by atoms with Gasteiger partial charge in [0.1, 0.15) is 0 Å². The molecule has 3 aromatic carbocycles. The molecule has 0 aromatic heterocycles. The molecule has 0 saturated heterocycles. The first kappa shape index (κ1) is 17.1. The van der Waals surface area contributed by atoms with Crippen molar-refractivity contribution in [2.24, 2.45) is 0 Å². The van der Waals surface area contributed by atoms with Gasteiger partial charge in [0.15, 0.2) is 6.04 Å². The number of carbonyl (C=O) groups excluding carboxylic acids is 1. The fraction of sp³-hybridized carbons (Fsp3) is 0.174. The highest BCUT2D eigenvalue weighted by Gasteiger charge is 2.26. The van der Waals surface area contributed by atoms with Crippen LogP contribution < -0.4 is 4.90 Å². The van der Waals surface area contributed by atoms with Gasteiger partial charge in [0, 0.05) is 12.0 Å². The lowest BCUT2D eigenvalue weighted by atomic mass is 9.95. The molecule has 1 N–H and O–H groups in total. The zero-order valence-electron chi connectivity index (χ0n) is 14.8. The quantitative estimate of drug-likeness (QED) is 0.688. The summed E-state index contributed by atoms with van der Waals surface area (Å²) in [7, 11) is 4.09. The summed E-state index contributed by atoms with van der Waals surface area (Å²) in [6.45, 7) is 0. The minimum atomic E-state index is -0.0787. The third-order valence-corrected chi connectivity index (χ3v) is 4.57. The van der Waals surface area contributed by atoms with E-state index in [0.717, 1.165) is 22.4 Å². The van der Waals surface area contributed by atoms with Gasteiger partial charge in [0.2, 0.25) is 5.78 Å². The van der Waals surface area contributed by atoms with E-state index in [-0.39, 0.29) is 11.8 Å². The van der Waals surface area contributed by atoms with Crippen LogP contribution in [-0.4, -0.2) is 25.9 Å². The molecule has 0 aliphatic heterocycles. The van der Waals surface area contributed by atoms with Crippen LogP contribution >= 0.6 is 0 Å². The molecule has 1 atom stereocenters. The van der Waals surface area contributed by atoms with Gasteiger partial charge in [-0.25, -0.2) is 0 Å². The number of carbonyl (C=O) groups is 1. The average Bonchev–Trinajstić information content (AvgIpc) is 2.67. The Morgan fingerprint density at radius 3 is 1.84 bits per heavy atom. The third-order valence-electron chi connectivity index (χ3n) is 4.57. The lowest BCUT2D eigenvalue weighted by Crippen LogP contribution is -3.11. The monoisotopic (exact) mass is 330 g/mol. The van der Waals surface area contributed by atoms with Crippen LogP contribution in [0, 0.1) is 0 Å². The normalized spacial score (nSPS) is 12.1. The third kappa shape index (κ3) is 4.23. The Hall–Kier alpha value is -2.71. The molecule has 0 radical (unpaired) electrons. The Labute approximate surface area is 149 Å². The zero-order valence-corrected chi connectivity index (χ0v) is 14.8. The molecule has 3 rings (SSSR count). The molecule has 25 heavy (non-hydrogen) atoms. The summed E-state index contributed by atoms with van der Waals surface area (Å²) in [6.07, 6.45) is 0.752. The molecule has 0 spiro atoms. The van der Waals surface area contributed by atoms with Crippen LogP contribution in [0.4, 0.5) is 0 Å². The number of quaternary nitrogens is 1. The van der Waals surface area contributed by atoms with Crippen molar-refractivity contribution in [3.8, 4) is 11.1 Å². The zero-order chi connectivity index (χ0) is 17.6. The minimum Gasteiger partial charge on any atom is -0.331 e. The second-order valence-electron chi connectivity index (χ2n) is 6.63. The summed E-state index contributed by atoms with van der Waals surface area (Å²) < 4.78 is 0. The molecule has 0 saturated carbocycles. The Bertz CT molecular complexity index is 808. The molecule has 0 amide bonds. The molecule has 0 unspecified atom stereocenters. The van der Waals surface area contributed by atoms with Crippen molar-refractivity contribution in [3.05, 3.63) is 96.1 Å². The maximum absolute atomic E-state index is 13.0. The molecule has 126 valence electrons. The molecule has 0 fully saturated rings. The summed E-state index contributed by atoms with van der Waals surface area (Å²) in [4.78, 5) is 14.2. The fourth-order valence-electron chi connectivity index (χ4n) is 3.07. The molecule has 2 nitrogen and oxygen atoms in total. The Morgan fingerprint density at radius 1 is 0.760 bits per heavy atom. The Kier molecular flexibility index (Phi) is 5.42. The van der Waals surface area contributed by atoms with Crippen molar-refractivity contribution in [1.29, 1.82) is 0 Å². The van der Waals surface area contributed by atoms with Gasteiger partial charge in [-0.05, 0) is 16.7 Å². The van der Waals surface area contributed by atoms with E-state index in [4.69, 9.17) is 0 Å². The van der Waals surface area contributed by atoms with E-state index >= 15 is 0 Å². The summed E-state index contributed by atoms with van der Waals surface area (Å²) in [6, 6.07) is 28.3. The number of rotatable bonds is 6. The molecule has 0 bridgehead atoms. The van der Waals surface area contributed by atoms with Crippen molar-refractivity contribution >= 4 is 5.78 Å². The highest BCUT2D eigenvalue weighted by Crippen LogP contribution is 2.20. The Morgan fingerprint density at radius 2 is 1.28 bits per heavy atom. The van der Waals surface area contributed by atoms with Gasteiger partial charge in [-0.2, -0.15) is 0 Å². The predicted molar refractivity (Wildman–Crippen MR) is 103 cm³/mol. The summed E-state index contributed by atoms with van der Waals surface area (Å²) in [5.74, 6) is 0.198. The van der Waals surface area contributed by atoms with Gasteiger partial charge in [-0.3, -0.25) is 4.79 Å². The van der Waals surface area contributed by atoms with Crippen molar-refractivity contribution in [2.75, 3.05) is 14.1 Å². The first-order valence-corrected chi connectivity index (χ1v) is 8.69. The molecule has 3 aromatic rings. The fourth-order valence-corrected chi connectivity index (χ4v) is 3.07. The molecular formula is C23H24NO+. The number of nitrogens with one attached hydrogen (secondary N) is 1. The Balaban J connectivity index is 1.80. The van der Waals surface area contributed by atoms with Crippen LogP contribution in [0.5, 0.6) is 0 Å². The summed E-state index contributed by atoms with van der Waals surface area (Å²) in [5, 5.41) is 0. The maximum atomic E-state index is 13.0. The van der Waals surface area contributed by atoms with E-state index in [1.165, 1.54) is 11.1 Å². The van der Waals surface area contributed by atoms with Gasteiger partial charge >= 0.3 is 0 Å². The van der Waals surface area contributed by atoms with Gasteiger partial charge in [-0.1, -0.05) is 84.9 Å². The van der Waals surface area contributed by atoms with Crippen molar-refractivity contribution in [3.63, 3.8) is 0 Å². The predicted octanol–water partition coefficient (Wildman–Crippen LogP) is 3.29. The van der Waals surface area contributed by atoms with Crippen LogP contribution in [0.25, 0.3) is 11.1 Å². The van der Waals surface area contributed by atoms with E-state index in [9.17, 15) is 4.79 Å². The van der Waals surface area contributed by atoms with E-state index in [2.05, 4.69) is 24.3 Å². The number of benzene rings is 3. The highest BCUT2D eigenvalue weighted by molar-refractivity contribution is 5.99. The summed E-state index contributed by atoms with van der Waals surface area (Å²) in [5.41, 5.74) is 4.28. The largest absolute Gasteiger partial charge is 0.331 e. The number of Topliss-reactive ketones (excluding diaryl/α,β-unsaturated/α-hetero) is 1. The smallest absolute Gasteiger partial charge is 0.220 e. The molecular weight excluding hydrogens is 306 g/mol. The maximum Gasteiger partial charge on any atom is 0.220 e. The molecule has 0 aliphatic carbocycles. The first-order chi connectivity index (χ1) is 12.1. The van der Waals surface area contributed by atoms with Gasteiger partial charge < -0.3 is 4.90 Å². The topological polar surface area (TPSA) is 21.5 Å². The number of hydrogen-bond acceptors (Lipinski definition) is 1. The number of hydrogen-bond donors (Lipinski definition) is 1. The van der Waals surface area contributed by atoms with Gasteiger partial charge in [0.25, 0.3) is 0 Å². The highest BCUT2D eigenvalue weighted by atomic mass is 16.1. The number of ketones is 1. The first-order valence-electron chi connectivity index (χ1n) is 8.69. The van der Waals surface area contributed by atoms with Crippen LogP contribution in [0.1, 0.15) is 15.9 Å². The van der Waals surface area contributed by atoms with Gasteiger partial charge in [-0.15, -0.1) is 0 Å². The van der Waals surface area contributed by atoms with Crippen LogP contribution in [-0.2, 0) is 6.42 Å². The lowest BCUT2D eigenvalue weighted by molar-refractivity contribution is -0.874.